The van der Waals surface area contributed by atoms with Gasteiger partial charge in [0.25, 0.3) is 5.91 Å². The summed E-state index contributed by atoms with van der Waals surface area (Å²) in [5.74, 6) is -0.224. The summed E-state index contributed by atoms with van der Waals surface area (Å²) >= 11 is 12.0. The van der Waals surface area contributed by atoms with Crippen LogP contribution in [0.1, 0.15) is 29.6 Å². The zero-order chi connectivity index (χ0) is 14.0. The fourth-order valence-corrected chi connectivity index (χ4v) is 2.59. The fourth-order valence-electron chi connectivity index (χ4n) is 2.18. The molecule has 1 aromatic carbocycles. The van der Waals surface area contributed by atoms with Crippen LogP contribution in [0.4, 0.5) is 5.69 Å². The van der Waals surface area contributed by atoms with Crippen LogP contribution in [-0.4, -0.2) is 35.1 Å². The summed E-state index contributed by atoms with van der Waals surface area (Å²) in [6, 6.07) is 3.22. The van der Waals surface area contributed by atoms with E-state index in [4.69, 9.17) is 34.0 Å². The quantitative estimate of drug-likeness (QED) is 0.840. The summed E-state index contributed by atoms with van der Waals surface area (Å²) in [6.45, 7) is 0.224. The molecule has 6 heteroatoms. The highest BCUT2D eigenvalue weighted by Crippen LogP contribution is 2.32. The van der Waals surface area contributed by atoms with Gasteiger partial charge in [0.1, 0.15) is 0 Å². The summed E-state index contributed by atoms with van der Waals surface area (Å²) < 4.78 is 0. The Labute approximate surface area is 122 Å². The predicted octanol–water partition coefficient (Wildman–Crippen LogP) is 2.56. The van der Waals surface area contributed by atoms with Gasteiger partial charge in [0.15, 0.2) is 0 Å². The lowest BCUT2D eigenvalue weighted by Crippen LogP contribution is -2.45. The van der Waals surface area contributed by atoms with Crippen LogP contribution in [0.3, 0.4) is 0 Å². The zero-order valence-corrected chi connectivity index (χ0v) is 11.9. The Bertz CT molecular complexity index is 490. The molecule has 2 rings (SSSR count). The summed E-state index contributed by atoms with van der Waals surface area (Å²) in [5.41, 5.74) is 6.40. The number of aliphatic hydroxyl groups excluding tert-OH is 1. The average molecular weight is 303 g/mol. The molecule has 104 valence electrons. The van der Waals surface area contributed by atoms with E-state index in [0.29, 0.717) is 17.8 Å². The Kier molecular flexibility index (Phi) is 4.55. The third kappa shape index (κ3) is 2.96. The van der Waals surface area contributed by atoms with E-state index in [1.807, 2.05) is 0 Å². The van der Waals surface area contributed by atoms with E-state index < -0.39 is 0 Å². The zero-order valence-electron chi connectivity index (χ0n) is 10.4. The number of anilines is 1. The molecule has 0 heterocycles. The monoisotopic (exact) mass is 302 g/mol. The fraction of sp³-hybridized carbons (Fsp3) is 0.462. The largest absolute Gasteiger partial charge is 0.399 e. The van der Waals surface area contributed by atoms with Crippen LogP contribution in [0.25, 0.3) is 0 Å². The van der Waals surface area contributed by atoms with Crippen molar-refractivity contribution in [1.29, 1.82) is 0 Å². The molecule has 1 fully saturated rings. The molecule has 0 bridgehead atoms. The lowest BCUT2D eigenvalue weighted by molar-refractivity contribution is 0.0526. The van der Waals surface area contributed by atoms with Crippen molar-refractivity contribution in [3.8, 4) is 0 Å². The van der Waals surface area contributed by atoms with Gasteiger partial charge in [-0.1, -0.05) is 23.2 Å². The number of amides is 1. The minimum Gasteiger partial charge on any atom is -0.399 e. The van der Waals surface area contributed by atoms with Crippen LogP contribution in [0, 0.1) is 0 Å². The molecule has 0 aromatic heterocycles. The first kappa shape index (κ1) is 14.4. The van der Waals surface area contributed by atoms with Crippen molar-refractivity contribution in [2.24, 2.45) is 0 Å². The van der Waals surface area contributed by atoms with Crippen molar-refractivity contribution in [2.45, 2.75) is 25.3 Å². The number of nitrogens with zero attached hydrogens (tertiary/aromatic N) is 1. The molecule has 4 nitrogen and oxygen atoms in total. The number of rotatable bonds is 4. The SMILES string of the molecule is Nc1cc(Cl)c(Cl)c(C(=O)N(CCO)C2CCC2)c1. The lowest BCUT2D eigenvalue weighted by atomic mass is 9.91. The predicted molar refractivity (Wildman–Crippen MR) is 76.6 cm³/mol. The first-order valence-electron chi connectivity index (χ1n) is 6.21. The molecule has 1 aromatic rings. The smallest absolute Gasteiger partial charge is 0.255 e. The van der Waals surface area contributed by atoms with Gasteiger partial charge >= 0.3 is 0 Å². The van der Waals surface area contributed by atoms with E-state index in [-0.39, 0.29) is 28.6 Å². The summed E-state index contributed by atoms with van der Waals surface area (Å²) in [6.07, 6.45) is 3.02. The standard InChI is InChI=1S/C13H16Cl2N2O2/c14-11-7-8(16)6-10(12(11)15)13(19)17(4-5-18)9-2-1-3-9/h6-7,9,18H,1-5,16H2. The van der Waals surface area contributed by atoms with E-state index >= 15 is 0 Å². The Hall–Kier alpha value is -0.970. The molecule has 0 spiro atoms. The maximum absolute atomic E-state index is 12.5. The highest BCUT2D eigenvalue weighted by atomic mass is 35.5. The summed E-state index contributed by atoms with van der Waals surface area (Å²) in [7, 11) is 0. The number of carbonyl (C=O) groups is 1. The molecule has 0 saturated heterocycles. The number of hydrogen-bond donors (Lipinski definition) is 2. The second-order valence-electron chi connectivity index (χ2n) is 4.67. The second kappa shape index (κ2) is 5.99. The Balaban J connectivity index is 2.30. The Morgan fingerprint density at radius 3 is 2.63 bits per heavy atom. The van der Waals surface area contributed by atoms with E-state index in [2.05, 4.69) is 0 Å². The highest BCUT2D eigenvalue weighted by molar-refractivity contribution is 6.44. The van der Waals surface area contributed by atoms with Crippen molar-refractivity contribution in [3.63, 3.8) is 0 Å². The van der Waals surface area contributed by atoms with E-state index in [1.165, 1.54) is 12.1 Å². The van der Waals surface area contributed by atoms with Crippen molar-refractivity contribution >= 4 is 34.8 Å². The van der Waals surface area contributed by atoms with Gasteiger partial charge in [-0.2, -0.15) is 0 Å². The molecule has 1 aliphatic rings. The Morgan fingerprint density at radius 2 is 2.11 bits per heavy atom. The normalized spacial score (nSPS) is 15.1. The summed E-state index contributed by atoms with van der Waals surface area (Å²) in [4.78, 5) is 14.2. The molecule has 1 saturated carbocycles. The third-order valence-electron chi connectivity index (χ3n) is 3.40. The topological polar surface area (TPSA) is 66.6 Å². The molecule has 19 heavy (non-hydrogen) atoms. The number of aliphatic hydroxyl groups is 1. The first-order chi connectivity index (χ1) is 9.04. The van der Waals surface area contributed by atoms with Gasteiger partial charge in [-0.15, -0.1) is 0 Å². The van der Waals surface area contributed by atoms with Gasteiger partial charge in [0.05, 0.1) is 22.2 Å². The molecule has 1 aliphatic carbocycles. The number of nitrogens with two attached hydrogens (primary N) is 1. The van der Waals surface area contributed by atoms with Crippen LogP contribution in [0.2, 0.25) is 10.0 Å². The summed E-state index contributed by atoms with van der Waals surface area (Å²) in [5, 5.41) is 9.58. The van der Waals surface area contributed by atoms with Crippen molar-refractivity contribution < 1.29 is 9.90 Å². The van der Waals surface area contributed by atoms with Crippen LogP contribution in [-0.2, 0) is 0 Å². The number of nitrogen functional groups attached to an aromatic ring is 1. The van der Waals surface area contributed by atoms with Gasteiger partial charge < -0.3 is 15.7 Å². The molecular formula is C13H16Cl2N2O2. The van der Waals surface area contributed by atoms with Gasteiger partial charge in [-0.05, 0) is 31.4 Å². The number of halogens is 2. The average Bonchev–Trinajstić information content (AvgIpc) is 2.30. The molecule has 0 atom stereocenters. The maximum Gasteiger partial charge on any atom is 0.255 e. The van der Waals surface area contributed by atoms with Gasteiger partial charge in [0, 0.05) is 18.3 Å². The van der Waals surface area contributed by atoms with E-state index in [0.717, 1.165) is 19.3 Å². The van der Waals surface area contributed by atoms with Crippen molar-refractivity contribution in [3.05, 3.63) is 27.7 Å². The number of hydrogen-bond acceptors (Lipinski definition) is 3. The second-order valence-corrected chi connectivity index (χ2v) is 5.46. The Morgan fingerprint density at radius 1 is 1.42 bits per heavy atom. The minimum absolute atomic E-state index is 0.0735. The highest BCUT2D eigenvalue weighted by Gasteiger charge is 2.30. The molecule has 0 radical (unpaired) electrons. The van der Waals surface area contributed by atoms with Crippen LogP contribution in [0.15, 0.2) is 12.1 Å². The van der Waals surface area contributed by atoms with Crippen LogP contribution in [0.5, 0.6) is 0 Å². The van der Waals surface area contributed by atoms with Crippen molar-refractivity contribution in [1.82, 2.24) is 4.90 Å². The van der Waals surface area contributed by atoms with Crippen LogP contribution >= 0.6 is 23.2 Å². The molecule has 3 N–H and O–H groups in total. The van der Waals surface area contributed by atoms with Crippen LogP contribution < -0.4 is 5.73 Å². The van der Waals surface area contributed by atoms with Gasteiger partial charge in [-0.25, -0.2) is 0 Å². The third-order valence-corrected chi connectivity index (χ3v) is 4.20. The van der Waals surface area contributed by atoms with Gasteiger partial charge in [-0.3, -0.25) is 4.79 Å². The number of carbonyl (C=O) groups excluding carboxylic acids is 1. The van der Waals surface area contributed by atoms with Gasteiger partial charge in [0.2, 0.25) is 0 Å². The lowest BCUT2D eigenvalue weighted by Gasteiger charge is -2.37. The molecule has 0 unspecified atom stereocenters. The molecule has 0 aliphatic heterocycles. The first-order valence-corrected chi connectivity index (χ1v) is 6.96. The van der Waals surface area contributed by atoms with Crippen molar-refractivity contribution in [2.75, 3.05) is 18.9 Å². The molecule has 1 amide bonds. The van der Waals surface area contributed by atoms with E-state index in [1.54, 1.807) is 4.90 Å². The van der Waals surface area contributed by atoms with E-state index in [9.17, 15) is 4.79 Å². The maximum atomic E-state index is 12.5. The molecular weight excluding hydrogens is 287 g/mol. The number of benzene rings is 1. The minimum atomic E-state index is -0.224.